The van der Waals surface area contributed by atoms with Crippen molar-refractivity contribution < 1.29 is 8.42 Å². The Hall–Kier alpha value is -2.27. The number of primary sulfonamides is 1. The van der Waals surface area contributed by atoms with Crippen molar-refractivity contribution in [3.63, 3.8) is 0 Å². The summed E-state index contributed by atoms with van der Waals surface area (Å²) in [6, 6.07) is 6.66. The fourth-order valence-corrected chi connectivity index (χ4v) is 7.27. The van der Waals surface area contributed by atoms with Crippen molar-refractivity contribution in [2.24, 2.45) is 11.1 Å². The first-order chi connectivity index (χ1) is 18.0. The highest BCUT2D eigenvalue weighted by molar-refractivity contribution is 7.89. The van der Waals surface area contributed by atoms with E-state index in [4.69, 9.17) is 31.8 Å². The third kappa shape index (κ3) is 5.54. The summed E-state index contributed by atoms with van der Waals surface area (Å²) in [5.41, 5.74) is 4.76. The van der Waals surface area contributed by atoms with Crippen molar-refractivity contribution in [3.8, 4) is 0 Å². The summed E-state index contributed by atoms with van der Waals surface area (Å²) in [5, 5.41) is 10.8. The molecular weight excluding hydrogens is 522 g/mol. The van der Waals surface area contributed by atoms with Crippen LogP contribution in [-0.2, 0) is 10.0 Å². The van der Waals surface area contributed by atoms with Crippen LogP contribution in [0.3, 0.4) is 0 Å². The van der Waals surface area contributed by atoms with Gasteiger partial charge in [0.2, 0.25) is 10.0 Å². The highest BCUT2D eigenvalue weighted by Crippen LogP contribution is 2.33. The topological polar surface area (TPSA) is 110 Å². The second-order valence-corrected chi connectivity index (χ2v) is 13.2. The van der Waals surface area contributed by atoms with Gasteiger partial charge in [0.05, 0.1) is 23.7 Å². The molecule has 0 amide bonds. The molecule has 9 nitrogen and oxygen atoms in total. The minimum Gasteiger partial charge on any atom is -0.355 e. The number of aryl methyl sites for hydroxylation is 2. The lowest BCUT2D eigenvalue weighted by Gasteiger charge is -2.43. The zero-order valence-corrected chi connectivity index (χ0v) is 24.2. The Morgan fingerprint density at radius 3 is 2.71 bits per heavy atom. The van der Waals surface area contributed by atoms with Crippen LogP contribution < -0.4 is 10.0 Å². The first-order valence-corrected chi connectivity index (χ1v) is 15.6. The number of sulfonamides is 1. The van der Waals surface area contributed by atoms with Gasteiger partial charge in [-0.3, -0.25) is 4.90 Å². The molecule has 5 rings (SSSR count). The molecule has 206 valence electrons. The highest BCUT2D eigenvalue weighted by Gasteiger charge is 2.37. The number of likely N-dealkylation sites (tertiary alicyclic amines) is 1. The zero-order valence-electron chi connectivity index (χ0n) is 22.6. The van der Waals surface area contributed by atoms with Crippen LogP contribution >= 0.6 is 11.6 Å². The molecule has 2 aliphatic heterocycles. The number of hydrogen-bond donors (Lipinski definition) is 1. The first kappa shape index (κ1) is 27.3. The van der Waals surface area contributed by atoms with E-state index in [1.165, 1.54) is 0 Å². The highest BCUT2D eigenvalue weighted by atomic mass is 35.5. The van der Waals surface area contributed by atoms with E-state index in [1.54, 1.807) is 0 Å². The number of fused-ring (bicyclic) bond motifs is 1. The summed E-state index contributed by atoms with van der Waals surface area (Å²) in [6.45, 7) is 11.2. The molecule has 2 fully saturated rings. The lowest BCUT2D eigenvalue weighted by atomic mass is 9.91. The van der Waals surface area contributed by atoms with Crippen LogP contribution in [0.25, 0.3) is 11.2 Å². The number of nitrogens with two attached hydrogens (primary N) is 1. The van der Waals surface area contributed by atoms with Gasteiger partial charge in [-0.05, 0) is 82.2 Å². The number of benzene rings is 1. The zero-order chi connectivity index (χ0) is 27.2. The van der Waals surface area contributed by atoms with Gasteiger partial charge in [-0.2, -0.15) is 5.10 Å². The van der Waals surface area contributed by atoms with Gasteiger partial charge in [-0.1, -0.05) is 24.6 Å². The third-order valence-corrected chi connectivity index (χ3v) is 9.42. The fraction of sp³-hybridized carbons (Fsp3) is 0.593. The Morgan fingerprint density at radius 2 is 2.00 bits per heavy atom. The Morgan fingerprint density at radius 1 is 1.21 bits per heavy atom. The number of anilines is 1. The van der Waals surface area contributed by atoms with Crippen molar-refractivity contribution in [1.29, 1.82) is 0 Å². The number of aromatic nitrogens is 4. The Bertz CT molecular complexity index is 1430. The fourth-order valence-electron chi connectivity index (χ4n) is 6.44. The third-order valence-electron chi connectivity index (χ3n) is 8.38. The van der Waals surface area contributed by atoms with E-state index in [2.05, 4.69) is 36.6 Å². The molecule has 4 atom stereocenters. The van der Waals surface area contributed by atoms with Gasteiger partial charge in [-0.25, -0.2) is 28.2 Å². The molecule has 2 aliphatic rings. The van der Waals surface area contributed by atoms with Crippen molar-refractivity contribution >= 4 is 38.6 Å². The SMILES string of the molecule is Cc1cc(Cl)ccc1C(C)n1nc(C)c2ncc(N3CCC(N4CCCC4CCS(N)(=O)=O)C(C)C3)nc21. The molecule has 2 N–H and O–H groups in total. The Balaban J connectivity index is 1.35. The molecule has 2 saturated heterocycles. The van der Waals surface area contributed by atoms with Gasteiger partial charge in [-0.15, -0.1) is 0 Å². The normalized spacial score (nSPS) is 23.8. The van der Waals surface area contributed by atoms with Crippen LogP contribution in [-0.4, -0.2) is 70.5 Å². The molecule has 11 heteroatoms. The molecule has 0 radical (unpaired) electrons. The first-order valence-electron chi connectivity index (χ1n) is 13.5. The lowest BCUT2D eigenvalue weighted by molar-refractivity contribution is 0.113. The number of hydrogen-bond acceptors (Lipinski definition) is 7. The smallest absolute Gasteiger partial charge is 0.209 e. The van der Waals surface area contributed by atoms with Crippen molar-refractivity contribution in [3.05, 3.63) is 46.2 Å². The van der Waals surface area contributed by atoms with E-state index >= 15 is 0 Å². The van der Waals surface area contributed by atoms with Crippen molar-refractivity contribution in [1.82, 2.24) is 24.6 Å². The summed E-state index contributed by atoms with van der Waals surface area (Å²) in [7, 11) is -3.44. The van der Waals surface area contributed by atoms with E-state index in [-0.39, 0.29) is 11.8 Å². The Labute approximate surface area is 230 Å². The van der Waals surface area contributed by atoms with Crippen LogP contribution in [0.4, 0.5) is 5.82 Å². The second kappa shape index (κ2) is 10.7. The number of halogens is 1. The van der Waals surface area contributed by atoms with Crippen molar-refractivity contribution in [2.45, 2.75) is 71.5 Å². The monoisotopic (exact) mass is 559 g/mol. The van der Waals surface area contributed by atoms with E-state index < -0.39 is 10.0 Å². The van der Waals surface area contributed by atoms with E-state index in [0.717, 1.165) is 77.7 Å². The number of piperidine rings is 1. The Kier molecular flexibility index (Phi) is 7.70. The van der Waals surface area contributed by atoms with E-state index in [1.807, 2.05) is 29.9 Å². The molecule has 3 aromatic rings. The van der Waals surface area contributed by atoms with Gasteiger partial charge in [0.25, 0.3) is 0 Å². The van der Waals surface area contributed by atoms with Gasteiger partial charge in [0.1, 0.15) is 11.3 Å². The molecule has 0 bridgehead atoms. The number of rotatable bonds is 7. The molecule has 4 heterocycles. The van der Waals surface area contributed by atoms with Gasteiger partial charge < -0.3 is 4.90 Å². The van der Waals surface area contributed by atoms with Gasteiger partial charge >= 0.3 is 0 Å². The summed E-state index contributed by atoms with van der Waals surface area (Å²) in [5.74, 6) is 1.34. The quantitative estimate of drug-likeness (QED) is 0.464. The molecule has 0 spiro atoms. The molecule has 0 aliphatic carbocycles. The minimum atomic E-state index is -3.44. The van der Waals surface area contributed by atoms with Gasteiger partial charge in [0.15, 0.2) is 5.65 Å². The van der Waals surface area contributed by atoms with E-state index in [9.17, 15) is 8.42 Å². The standard InChI is InChI=1S/C27H38ClN7O2S/c1-17-14-21(28)7-8-23(17)20(4)35-27-26(19(3)32-35)30-15-25(31-27)33-12-9-24(18(2)16-33)34-11-5-6-22(34)10-13-38(29,36)37/h7-8,14-15,18,20,22,24H,5-6,9-13,16H2,1-4H3,(H2,29,36,37). The summed E-state index contributed by atoms with van der Waals surface area (Å²) < 4.78 is 25.0. The number of nitrogens with zero attached hydrogens (tertiary/aromatic N) is 6. The molecule has 4 unspecified atom stereocenters. The summed E-state index contributed by atoms with van der Waals surface area (Å²) in [4.78, 5) is 14.7. The van der Waals surface area contributed by atoms with Crippen LogP contribution in [0.5, 0.6) is 0 Å². The average Bonchev–Trinajstić information content (AvgIpc) is 3.46. The average molecular weight is 560 g/mol. The van der Waals surface area contributed by atoms with Crippen LogP contribution in [0, 0.1) is 19.8 Å². The molecular formula is C27H38ClN7O2S. The summed E-state index contributed by atoms with van der Waals surface area (Å²) in [6.07, 6.45) is 5.64. The summed E-state index contributed by atoms with van der Waals surface area (Å²) >= 11 is 6.20. The predicted octanol–water partition coefficient (Wildman–Crippen LogP) is 4.06. The van der Waals surface area contributed by atoms with Crippen LogP contribution in [0.1, 0.15) is 62.4 Å². The van der Waals surface area contributed by atoms with Crippen LogP contribution in [0.2, 0.25) is 5.02 Å². The minimum absolute atomic E-state index is 0.0119. The predicted molar refractivity (Wildman–Crippen MR) is 152 cm³/mol. The van der Waals surface area contributed by atoms with E-state index in [0.29, 0.717) is 24.4 Å². The lowest BCUT2D eigenvalue weighted by Crippen LogP contribution is -2.52. The van der Waals surface area contributed by atoms with Crippen LogP contribution in [0.15, 0.2) is 24.4 Å². The van der Waals surface area contributed by atoms with Gasteiger partial charge in [0, 0.05) is 30.2 Å². The maximum absolute atomic E-state index is 11.5. The molecule has 0 saturated carbocycles. The second-order valence-electron chi connectivity index (χ2n) is 11.1. The maximum atomic E-state index is 11.5. The molecule has 1 aromatic carbocycles. The van der Waals surface area contributed by atoms with Crippen molar-refractivity contribution in [2.75, 3.05) is 30.3 Å². The largest absolute Gasteiger partial charge is 0.355 e. The molecule has 38 heavy (non-hydrogen) atoms. The maximum Gasteiger partial charge on any atom is 0.209 e. The molecule has 2 aromatic heterocycles.